The van der Waals surface area contributed by atoms with Gasteiger partial charge in [-0.2, -0.15) is 13.2 Å². The zero-order valence-corrected chi connectivity index (χ0v) is 15.9. The van der Waals surface area contributed by atoms with Gasteiger partial charge in [0.15, 0.2) is 11.5 Å². The maximum atomic E-state index is 12.9. The van der Waals surface area contributed by atoms with Gasteiger partial charge in [-0.05, 0) is 44.3 Å². The molecule has 0 aliphatic carbocycles. The summed E-state index contributed by atoms with van der Waals surface area (Å²) in [5.41, 5.74) is -0.771. The first kappa shape index (κ1) is 21.7. The summed E-state index contributed by atoms with van der Waals surface area (Å²) in [6.07, 6.45) is -0.342. The number of nitrogens with zero attached hydrogens (tertiary/aromatic N) is 3. The number of fused-ring (bicyclic) bond motifs is 1. The van der Waals surface area contributed by atoms with Crippen molar-refractivity contribution in [2.45, 2.75) is 38.4 Å². The molecule has 3 rings (SSSR count). The molecule has 2 aromatic rings. The van der Waals surface area contributed by atoms with Gasteiger partial charge in [-0.3, -0.25) is 9.20 Å². The number of rotatable bonds is 5. The summed E-state index contributed by atoms with van der Waals surface area (Å²) >= 11 is 5.86. The summed E-state index contributed by atoms with van der Waals surface area (Å²) in [4.78, 5) is 12.0. The van der Waals surface area contributed by atoms with E-state index in [9.17, 15) is 18.0 Å². The molecule has 1 fully saturated rings. The third kappa shape index (κ3) is 5.46. The van der Waals surface area contributed by atoms with Gasteiger partial charge >= 0.3 is 6.18 Å². The molecule has 1 amide bonds. The molecule has 11 heteroatoms. The van der Waals surface area contributed by atoms with E-state index in [1.165, 1.54) is 0 Å². The van der Waals surface area contributed by atoms with Gasteiger partial charge in [0.05, 0.1) is 17.1 Å². The Morgan fingerprint density at radius 3 is 2.70 bits per heavy atom. The van der Waals surface area contributed by atoms with Crippen LogP contribution in [0.4, 0.5) is 13.2 Å². The fraction of sp³-hybridized carbons (Fsp3) is 0.562. The van der Waals surface area contributed by atoms with Gasteiger partial charge in [-0.25, -0.2) is 0 Å². The molecule has 1 aliphatic heterocycles. The largest absolute Gasteiger partial charge is 0.417 e. The van der Waals surface area contributed by atoms with Crippen LogP contribution in [-0.2, 0) is 17.5 Å². The summed E-state index contributed by atoms with van der Waals surface area (Å²) in [5, 5.41) is 13.5. The molecule has 150 valence electrons. The Morgan fingerprint density at radius 2 is 2.04 bits per heavy atom. The predicted octanol–water partition coefficient (Wildman–Crippen LogP) is 3.22. The van der Waals surface area contributed by atoms with Crippen molar-refractivity contribution in [3.63, 3.8) is 0 Å². The zero-order valence-electron chi connectivity index (χ0n) is 14.4. The minimum atomic E-state index is -4.53. The van der Waals surface area contributed by atoms with E-state index in [0.29, 0.717) is 12.3 Å². The number of piperidine rings is 1. The number of hydrogen-bond acceptors (Lipinski definition) is 4. The maximum Gasteiger partial charge on any atom is 0.417 e. The Kier molecular flexibility index (Phi) is 7.30. The molecule has 3 heterocycles. The fourth-order valence-corrected chi connectivity index (χ4v) is 3.29. The third-order valence-corrected chi connectivity index (χ3v) is 4.82. The van der Waals surface area contributed by atoms with Gasteiger partial charge in [0.2, 0.25) is 5.91 Å². The number of pyridine rings is 1. The van der Waals surface area contributed by atoms with E-state index in [4.69, 9.17) is 11.6 Å². The summed E-state index contributed by atoms with van der Waals surface area (Å²) < 4.78 is 40.0. The quantitative estimate of drug-likeness (QED) is 0.771. The summed E-state index contributed by atoms with van der Waals surface area (Å²) in [6.45, 7) is 1.94. The van der Waals surface area contributed by atoms with Gasteiger partial charge in [0.25, 0.3) is 0 Å². The van der Waals surface area contributed by atoms with Crippen molar-refractivity contribution in [3.8, 4) is 0 Å². The lowest BCUT2D eigenvalue weighted by atomic mass is 9.93. The van der Waals surface area contributed by atoms with Crippen molar-refractivity contribution >= 4 is 35.6 Å². The van der Waals surface area contributed by atoms with Crippen molar-refractivity contribution in [1.29, 1.82) is 0 Å². The number of alkyl halides is 3. The monoisotopic (exact) mass is 425 g/mol. The average Bonchev–Trinajstić information content (AvgIpc) is 3.02. The Bertz CT molecular complexity index is 790. The van der Waals surface area contributed by atoms with Crippen LogP contribution in [0.15, 0.2) is 12.3 Å². The van der Waals surface area contributed by atoms with Crippen LogP contribution >= 0.6 is 24.0 Å². The normalized spacial score (nSPS) is 15.6. The van der Waals surface area contributed by atoms with Crippen LogP contribution in [0, 0.1) is 5.92 Å². The van der Waals surface area contributed by atoms with Gasteiger partial charge < -0.3 is 10.6 Å². The molecule has 0 spiro atoms. The molecule has 2 aromatic heterocycles. The van der Waals surface area contributed by atoms with E-state index in [0.717, 1.165) is 49.0 Å². The van der Waals surface area contributed by atoms with Crippen molar-refractivity contribution in [3.05, 3.63) is 28.7 Å². The van der Waals surface area contributed by atoms with Gasteiger partial charge in [0, 0.05) is 12.6 Å². The highest BCUT2D eigenvalue weighted by atomic mass is 35.5. The standard InChI is InChI=1S/C16H19ClF3N5O.ClH/c17-12-7-11(16(18,19)20)9-25-13(23-24-15(12)25)8-22-14(26)2-1-10-3-5-21-6-4-10;/h7,9-10,21H,1-6,8H2,(H,22,26);1H. The molecule has 0 unspecified atom stereocenters. The Balaban J connectivity index is 0.00000261. The molecular formula is C16H20Cl2F3N5O. The summed E-state index contributed by atoms with van der Waals surface area (Å²) in [5.74, 6) is 0.575. The molecular weight excluding hydrogens is 406 g/mol. The zero-order chi connectivity index (χ0) is 18.7. The Labute approximate surface area is 165 Å². The Hall–Kier alpha value is -1.58. The molecule has 0 radical (unpaired) electrons. The van der Waals surface area contributed by atoms with Crippen LogP contribution in [0.3, 0.4) is 0 Å². The second-order valence-corrected chi connectivity index (χ2v) is 6.80. The van der Waals surface area contributed by atoms with Crippen molar-refractivity contribution in [2.75, 3.05) is 13.1 Å². The van der Waals surface area contributed by atoms with E-state index >= 15 is 0 Å². The fourth-order valence-electron chi connectivity index (χ4n) is 3.05. The lowest BCUT2D eigenvalue weighted by Crippen LogP contribution is -2.29. The highest BCUT2D eigenvalue weighted by Crippen LogP contribution is 2.32. The highest BCUT2D eigenvalue weighted by Gasteiger charge is 2.32. The number of carbonyl (C=O) groups is 1. The molecule has 1 aliphatic rings. The third-order valence-electron chi connectivity index (χ3n) is 4.54. The SMILES string of the molecule is Cl.O=C(CCC1CCNCC1)NCc1nnc2c(Cl)cc(C(F)(F)F)cn12. The molecule has 2 N–H and O–H groups in total. The van der Waals surface area contributed by atoms with E-state index < -0.39 is 11.7 Å². The average molecular weight is 426 g/mol. The van der Waals surface area contributed by atoms with Crippen LogP contribution in [-0.4, -0.2) is 33.6 Å². The van der Waals surface area contributed by atoms with E-state index in [-0.39, 0.29) is 41.4 Å². The number of aromatic nitrogens is 3. The summed E-state index contributed by atoms with van der Waals surface area (Å²) in [6, 6.07) is 0.812. The van der Waals surface area contributed by atoms with Gasteiger partial charge in [-0.1, -0.05) is 11.6 Å². The van der Waals surface area contributed by atoms with Crippen LogP contribution in [0.5, 0.6) is 0 Å². The number of carbonyl (C=O) groups excluding carboxylic acids is 1. The van der Waals surface area contributed by atoms with E-state index in [1.54, 1.807) is 0 Å². The lowest BCUT2D eigenvalue weighted by molar-refractivity contribution is -0.137. The van der Waals surface area contributed by atoms with Crippen molar-refractivity contribution in [2.24, 2.45) is 5.92 Å². The topological polar surface area (TPSA) is 71.3 Å². The Morgan fingerprint density at radius 1 is 1.33 bits per heavy atom. The van der Waals surface area contributed by atoms with Crippen molar-refractivity contribution < 1.29 is 18.0 Å². The van der Waals surface area contributed by atoms with Crippen molar-refractivity contribution in [1.82, 2.24) is 25.2 Å². The van der Waals surface area contributed by atoms with Crippen LogP contribution in [0.2, 0.25) is 5.02 Å². The number of nitrogens with one attached hydrogen (secondary N) is 2. The van der Waals surface area contributed by atoms with Crippen LogP contribution in [0.1, 0.15) is 37.1 Å². The number of halogens is 5. The first-order valence-electron chi connectivity index (χ1n) is 8.42. The first-order chi connectivity index (χ1) is 12.3. The predicted molar refractivity (Wildman–Crippen MR) is 96.9 cm³/mol. The number of amides is 1. The summed E-state index contributed by atoms with van der Waals surface area (Å²) in [7, 11) is 0. The molecule has 0 atom stereocenters. The molecule has 0 aromatic carbocycles. The number of hydrogen-bond donors (Lipinski definition) is 2. The van der Waals surface area contributed by atoms with Crippen LogP contribution in [0.25, 0.3) is 5.65 Å². The highest BCUT2D eigenvalue weighted by molar-refractivity contribution is 6.33. The van der Waals surface area contributed by atoms with Crippen LogP contribution < -0.4 is 10.6 Å². The molecule has 27 heavy (non-hydrogen) atoms. The van der Waals surface area contributed by atoms with Gasteiger partial charge in [-0.15, -0.1) is 22.6 Å². The smallest absolute Gasteiger partial charge is 0.349 e. The molecule has 1 saturated heterocycles. The first-order valence-corrected chi connectivity index (χ1v) is 8.80. The molecule has 0 saturated carbocycles. The van der Waals surface area contributed by atoms with Gasteiger partial charge in [0.1, 0.15) is 0 Å². The second kappa shape index (κ2) is 9.07. The maximum absolute atomic E-state index is 12.9. The second-order valence-electron chi connectivity index (χ2n) is 6.39. The lowest BCUT2D eigenvalue weighted by Gasteiger charge is -2.22. The van der Waals surface area contributed by atoms with E-state index in [2.05, 4.69) is 20.8 Å². The minimum absolute atomic E-state index is 0. The molecule has 0 bridgehead atoms. The molecule has 6 nitrogen and oxygen atoms in total. The van der Waals surface area contributed by atoms with E-state index in [1.807, 2.05) is 0 Å². The minimum Gasteiger partial charge on any atom is -0.349 e.